The fraction of sp³-hybridized carbons (Fsp3) is 0.182. The molecule has 0 atom stereocenters. The zero-order valence-corrected chi connectivity index (χ0v) is 8.21. The SMILES string of the molecule is C=CC(=O)NCc1ccc(C)cc1N. The van der Waals surface area contributed by atoms with Crippen LogP contribution in [0.3, 0.4) is 0 Å². The molecule has 14 heavy (non-hydrogen) atoms. The van der Waals surface area contributed by atoms with Crippen molar-refractivity contribution in [2.75, 3.05) is 5.73 Å². The monoisotopic (exact) mass is 190 g/mol. The number of nitrogens with two attached hydrogens (primary N) is 1. The number of nitrogens with one attached hydrogen (secondary N) is 1. The van der Waals surface area contributed by atoms with Crippen LogP contribution in [0.1, 0.15) is 11.1 Å². The lowest BCUT2D eigenvalue weighted by molar-refractivity contribution is -0.116. The zero-order valence-electron chi connectivity index (χ0n) is 8.21. The third kappa shape index (κ3) is 2.62. The van der Waals surface area contributed by atoms with Crippen LogP contribution in [-0.2, 0) is 11.3 Å². The van der Waals surface area contributed by atoms with Crippen molar-refractivity contribution in [3.63, 3.8) is 0 Å². The number of nitrogen functional groups attached to an aromatic ring is 1. The number of carbonyl (C=O) groups excluding carboxylic acids is 1. The smallest absolute Gasteiger partial charge is 0.243 e. The summed E-state index contributed by atoms with van der Waals surface area (Å²) in [5.74, 6) is -0.190. The maximum atomic E-state index is 10.9. The van der Waals surface area contributed by atoms with Crippen molar-refractivity contribution < 1.29 is 4.79 Å². The van der Waals surface area contributed by atoms with Crippen molar-refractivity contribution in [2.24, 2.45) is 0 Å². The highest BCUT2D eigenvalue weighted by Crippen LogP contribution is 2.13. The van der Waals surface area contributed by atoms with E-state index in [1.807, 2.05) is 25.1 Å². The van der Waals surface area contributed by atoms with Gasteiger partial charge in [-0.05, 0) is 30.2 Å². The van der Waals surface area contributed by atoms with Gasteiger partial charge in [0, 0.05) is 12.2 Å². The molecule has 3 heteroatoms. The largest absolute Gasteiger partial charge is 0.398 e. The molecule has 0 aromatic heterocycles. The Balaban J connectivity index is 2.68. The molecule has 0 heterocycles. The predicted octanol–water partition coefficient (Wildman–Crippen LogP) is 1.38. The number of amides is 1. The molecule has 0 radical (unpaired) electrons. The molecule has 1 aromatic carbocycles. The summed E-state index contributed by atoms with van der Waals surface area (Å²) >= 11 is 0. The Labute approximate surface area is 83.6 Å². The van der Waals surface area contributed by atoms with E-state index >= 15 is 0 Å². The molecule has 0 saturated carbocycles. The summed E-state index contributed by atoms with van der Waals surface area (Å²) in [6, 6.07) is 5.76. The van der Waals surface area contributed by atoms with Gasteiger partial charge in [-0.1, -0.05) is 18.7 Å². The minimum atomic E-state index is -0.190. The van der Waals surface area contributed by atoms with Crippen LogP contribution in [0.5, 0.6) is 0 Å². The molecular formula is C11H14N2O. The van der Waals surface area contributed by atoms with Crippen molar-refractivity contribution in [2.45, 2.75) is 13.5 Å². The van der Waals surface area contributed by atoms with E-state index in [0.717, 1.165) is 11.1 Å². The number of hydrogen-bond donors (Lipinski definition) is 2. The Morgan fingerprint density at radius 1 is 1.64 bits per heavy atom. The molecular weight excluding hydrogens is 176 g/mol. The first-order chi connectivity index (χ1) is 6.63. The second kappa shape index (κ2) is 4.46. The topological polar surface area (TPSA) is 55.1 Å². The van der Waals surface area contributed by atoms with E-state index in [4.69, 9.17) is 5.73 Å². The summed E-state index contributed by atoms with van der Waals surface area (Å²) in [4.78, 5) is 10.9. The first kappa shape index (κ1) is 10.3. The summed E-state index contributed by atoms with van der Waals surface area (Å²) in [5, 5.41) is 2.67. The Morgan fingerprint density at radius 2 is 2.36 bits per heavy atom. The van der Waals surface area contributed by atoms with Crippen LogP contribution in [0.4, 0.5) is 5.69 Å². The van der Waals surface area contributed by atoms with E-state index in [-0.39, 0.29) is 5.91 Å². The van der Waals surface area contributed by atoms with Crippen LogP contribution < -0.4 is 11.1 Å². The van der Waals surface area contributed by atoms with Crippen LogP contribution in [0.2, 0.25) is 0 Å². The number of anilines is 1. The van der Waals surface area contributed by atoms with E-state index in [1.165, 1.54) is 6.08 Å². The van der Waals surface area contributed by atoms with Gasteiger partial charge in [-0.2, -0.15) is 0 Å². The summed E-state index contributed by atoms with van der Waals surface area (Å²) < 4.78 is 0. The Kier molecular flexibility index (Phi) is 3.29. The first-order valence-electron chi connectivity index (χ1n) is 4.38. The Morgan fingerprint density at radius 3 is 2.93 bits per heavy atom. The fourth-order valence-corrected chi connectivity index (χ4v) is 1.13. The Hall–Kier alpha value is -1.77. The molecule has 0 aliphatic heterocycles. The van der Waals surface area contributed by atoms with Crippen molar-refractivity contribution in [1.82, 2.24) is 5.32 Å². The highest BCUT2D eigenvalue weighted by Gasteiger charge is 2.00. The van der Waals surface area contributed by atoms with Gasteiger partial charge in [-0.3, -0.25) is 4.79 Å². The lowest BCUT2D eigenvalue weighted by atomic mass is 10.1. The van der Waals surface area contributed by atoms with E-state index < -0.39 is 0 Å². The quantitative estimate of drug-likeness (QED) is 0.559. The van der Waals surface area contributed by atoms with Gasteiger partial charge in [0.05, 0.1) is 0 Å². The van der Waals surface area contributed by atoms with Crippen molar-refractivity contribution >= 4 is 11.6 Å². The van der Waals surface area contributed by atoms with Crippen LogP contribution in [0.15, 0.2) is 30.9 Å². The molecule has 0 aliphatic rings. The van der Waals surface area contributed by atoms with Crippen molar-refractivity contribution in [1.29, 1.82) is 0 Å². The third-order valence-electron chi connectivity index (χ3n) is 1.94. The lowest BCUT2D eigenvalue weighted by Gasteiger charge is -2.06. The minimum absolute atomic E-state index is 0.190. The second-order valence-electron chi connectivity index (χ2n) is 3.12. The third-order valence-corrected chi connectivity index (χ3v) is 1.94. The highest BCUT2D eigenvalue weighted by molar-refractivity contribution is 5.86. The standard InChI is InChI=1S/C11H14N2O/c1-3-11(14)13-7-9-5-4-8(2)6-10(9)12/h3-6H,1,7,12H2,2H3,(H,13,14). The average Bonchev–Trinajstić information content (AvgIpc) is 2.16. The van der Waals surface area contributed by atoms with Gasteiger partial charge in [0.2, 0.25) is 5.91 Å². The van der Waals surface area contributed by atoms with Gasteiger partial charge < -0.3 is 11.1 Å². The zero-order chi connectivity index (χ0) is 10.6. The summed E-state index contributed by atoms with van der Waals surface area (Å²) in [5.41, 5.74) is 8.51. The molecule has 0 unspecified atom stereocenters. The molecule has 3 nitrogen and oxygen atoms in total. The van der Waals surface area contributed by atoms with Gasteiger partial charge >= 0.3 is 0 Å². The van der Waals surface area contributed by atoms with E-state index in [9.17, 15) is 4.79 Å². The second-order valence-corrected chi connectivity index (χ2v) is 3.12. The van der Waals surface area contributed by atoms with E-state index in [2.05, 4.69) is 11.9 Å². The van der Waals surface area contributed by atoms with Crippen LogP contribution in [0.25, 0.3) is 0 Å². The lowest BCUT2D eigenvalue weighted by Crippen LogP contribution is -2.20. The minimum Gasteiger partial charge on any atom is -0.398 e. The molecule has 0 fully saturated rings. The van der Waals surface area contributed by atoms with E-state index in [1.54, 1.807) is 0 Å². The summed E-state index contributed by atoms with van der Waals surface area (Å²) in [6.07, 6.45) is 1.24. The average molecular weight is 190 g/mol. The van der Waals surface area contributed by atoms with Gasteiger partial charge in [0.1, 0.15) is 0 Å². The van der Waals surface area contributed by atoms with Gasteiger partial charge in [0.25, 0.3) is 0 Å². The highest BCUT2D eigenvalue weighted by atomic mass is 16.1. The number of carbonyl (C=O) groups is 1. The van der Waals surface area contributed by atoms with Crippen molar-refractivity contribution in [3.8, 4) is 0 Å². The molecule has 0 saturated heterocycles. The van der Waals surface area contributed by atoms with Crippen molar-refractivity contribution in [3.05, 3.63) is 42.0 Å². The van der Waals surface area contributed by atoms with Gasteiger partial charge in [-0.25, -0.2) is 0 Å². The van der Waals surface area contributed by atoms with Gasteiger partial charge in [0.15, 0.2) is 0 Å². The number of hydrogen-bond acceptors (Lipinski definition) is 2. The molecule has 74 valence electrons. The number of benzene rings is 1. The van der Waals surface area contributed by atoms with Crippen LogP contribution in [0, 0.1) is 6.92 Å². The molecule has 3 N–H and O–H groups in total. The summed E-state index contributed by atoms with van der Waals surface area (Å²) in [6.45, 7) is 5.78. The first-order valence-corrected chi connectivity index (χ1v) is 4.38. The molecule has 0 bridgehead atoms. The van der Waals surface area contributed by atoms with Gasteiger partial charge in [-0.15, -0.1) is 0 Å². The van der Waals surface area contributed by atoms with Crippen LogP contribution in [-0.4, -0.2) is 5.91 Å². The maximum absolute atomic E-state index is 10.9. The molecule has 1 aromatic rings. The molecule has 1 amide bonds. The number of rotatable bonds is 3. The Bertz CT molecular complexity index is 358. The summed E-state index contributed by atoms with van der Waals surface area (Å²) in [7, 11) is 0. The van der Waals surface area contributed by atoms with E-state index in [0.29, 0.717) is 12.2 Å². The number of aryl methyl sites for hydroxylation is 1. The molecule has 1 rings (SSSR count). The predicted molar refractivity (Wildman–Crippen MR) is 57.6 cm³/mol. The normalized spacial score (nSPS) is 9.50. The molecule has 0 aliphatic carbocycles. The maximum Gasteiger partial charge on any atom is 0.243 e. The molecule has 0 spiro atoms. The van der Waals surface area contributed by atoms with Crippen LogP contribution >= 0.6 is 0 Å². The fourth-order valence-electron chi connectivity index (χ4n) is 1.13.